The van der Waals surface area contributed by atoms with Crippen LogP contribution in [0.2, 0.25) is 5.02 Å². The molecular weight excluding hydrogens is 610 g/mol. The van der Waals surface area contributed by atoms with Gasteiger partial charge in [0.05, 0.1) is 22.7 Å². The summed E-state index contributed by atoms with van der Waals surface area (Å²) in [6.45, 7) is 3.39. The second kappa shape index (κ2) is 15.6. The highest BCUT2D eigenvalue weighted by Gasteiger charge is 2.35. The van der Waals surface area contributed by atoms with Crippen molar-refractivity contribution in [2.75, 3.05) is 18.0 Å². The highest BCUT2D eigenvalue weighted by Crippen LogP contribution is 2.32. The third-order valence-corrected chi connectivity index (χ3v) is 9.58. The first kappa shape index (κ1) is 33.6. The molecule has 0 spiro atoms. The topological polar surface area (TPSA) is 96.0 Å². The third kappa shape index (κ3) is 8.65. The van der Waals surface area contributed by atoms with Gasteiger partial charge < -0.3 is 15.0 Å². The molecule has 0 saturated heterocycles. The Balaban J connectivity index is 1.81. The number of anilines is 1. The molecule has 0 saturated carbocycles. The van der Waals surface area contributed by atoms with Crippen molar-refractivity contribution >= 4 is 39.1 Å². The van der Waals surface area contributed by atoms with E-state index in [4.69, 9.17) is 16.3 Å². The Hall–Kier alpha value is -4.34. The van der Waals surface area contributed by atoms with Crippen molar-refractivity contribution in [3.05, 3.63) is 125 Å². The van der Waals surface area contributed by atoms with Crippen LogP contribution in [0.4, 0.5) is 5.69 Å². The monoisotopic (exact) mass is 647 g/mol. The second-order valence-electron chi connectivity index (χ2n) is 10.7. The molecule has 0 fully saturated rings. The molecule has 0 unspecified atom stereocenters. The number of methoxy groups -OCH3 is 1. The molecule has 2 atom stereocenters. The minimum atomic E-state index is -4.23. The predicted molar refractivity (Wildman–Crippen MR) is 178 cm³/mol. The van der Waals surface area contributed by atoms with Crippen LogP contribution in [0.5, 0.6) is 5.75 Å². The average Bonchev–Trinajstić information content (AvgIpc) is 3.06. The zero-order valence-corrected chi connectivity index (χ0v) is 27.2. The molecule has 4 aromatic carbocycles. The standard InChI is InChI=1S/C35H38ClN3O5S/c1-4-26(2)37-35(41)32(22-27-14-8-5-9-15-27)38(24-28-16-10-6-11-17-28)34(40)25-39(29-20-21-33(44-3)31(36)23-29)45(42,43)30-18-12-7-13-19-30/h5-21,23,26,32H,4,22,24-25H2,1-3H3,(H,37,41)/t26-,32+/m0/s1. The summed E-state index contributed by atoms with van der Waals surface area (Å²) in [6, 6.07) is 30.1. The lowest BCUT2D eigenvalue weighted by Crippen LogP contribution is -2.54. The average molecular weight is 648 g/mol. The Labute approximate surface area is 270 Å². The SMILES string of the molecule is CC[C@H](C)NC(=O)[C@@H](Cc1ccccc1)N(Cc1ccccc1)C(=O)CN(c1ccc(OC)c(Cl)c1)S(=O)(=O)c1ccccc1. The fourth-order valence-electron chi connectivity index (χ4n) is 4.83. The molecule has 8 nitrogen and oxygen atoms in total. The number of nitrogens with zero attached hydrogens (tertiary/aromatic N) is 2. The Kier molecular flexibility index (Phi) is 11.6. The van der Waals surface area contributed by atoms with Gasteiger partial charge in [0.1, 0.15) is 18.3 Å². The van der Waals surface area contributed by atoms with Crippen LogP contribution in [0.1, 0.15) is 31.4 Å². The lowest BCUT2D eigenvalue weighted by atomic mass is 10.0. The summed E-state index contributed by atoms with van der Waals surface area (Å²) < 4.78 is 34.5. The van der Waals surface area contributed by atoms with E-state index in [-0.39, 0.29) is 40.5 Å². The number of rotatable bonds is 14. The maximum Gasteiger partial charge on any atom is 0.264 e. The molecule has 10 heteroatoms. The van der Waals surface area contributed by atoms with Crippen molar-refractivity contribution < 1.29 is 22.7 Å². The summed E-state index contributed by atoms with van der Waals surface area (Å²) in [5.41, 5.74) is 1.84. The van der Waals surface area contributed by atoms with Crippen LogP contribution in [-0.2, 0) is 32.6 Å². The summed E-state index contributed by atoms with van der Waals surface area (Å²) in [7, 11) is -2.77. The number of nitrogens with one attached hydrogen (secondary N) is 1. The van der Waals surface area contributed by atoms with Crippen LogP contribution in [0, 0.1) is 0 Å². The molecule has 0 heterocycles. The van der Waals surface area contributed by atoms with Gasteiger partial charge in [0.25, 0.3) is 10.0 Å². The van der Waals surface area contributed by atoms with Crippen LogP contribution in [-0.4, -0.2) is 50.9 Å². The number of halogens is 1. The fourth-order valence-corrected chi connectivity index (χ4v) is 6.51. The van der Waals surface area contributed by atoms with Gasteiger partial charge in [0.15, 0.2) is 0 Å². The molecule has 0 aromatic heterocycles. The minimum Gasteiger partial charge on any atom is -0.495 e. The van der Waals surface area contributed by atoms with Gasteiger partial charge in [0.2, 0.25) is 11.8 Å². The fraction of sp³-hybridized carbons (Fsp3) is 0.257. The van der Waals surface area contributed by atoms with Crippen LogP contribution < -0.4 is 14.4 Å². The zero-order chi connectivity index (χ0) is 32.4. The van der Waals surface area contributed by atoms with Crippen LogP contribution in [0.25, 0.3) is 0 Å². The van der Waals surface area contributed by atoms with Crippen molar-refractivity contribution in [3.8, 4) is 5.75 Å². The van der Waals surface area contributed by atoms with E-state index in [1.54, 1.807) is 24.3 Å². The molecular formula is C35H38ClN3O5S. The Bertz CT molecular complexity index is 1670. The highest BCUT2D eigenvalue weighted by atomic mass is 35.5. The molecule has 0 aliphatic heterocycles. The van der Waals surface area contributed by atoms with Gasteiger partial charge in [-0.15, -0.1) is 0 Å². The van der Waals surface area contributed by atoms with E-state index in [2.05, 4.69) is 5.32 Å². The number of hydrogen-bond donors (Lipinski definition) is 1. The Morgan fingerprint density at radius 2 is 1.44 bits per heavy atom. The summed E-state index contributed by atoms with van der Waals surface area (Å²) in [6.07, 6.45) is 0.944. The van der Waals surface area contributed by atoms with Gasteiger partial charge in [-0.3, -0.25) is 13.9 Å². The maximum atomic E-state index is 14.5. The van der Waals surface area contributed by atoms with Gasteiger partial charge in [-0.2, -0.15) is 0 Å². The van der Waals surface area contributed by atoms with E-state index < -0.39 is 28.5 Å². The van der Waals surface area contributed by atoms with Crippen LogP contribution in [0.3, 0.4) is 0 Å². The van der Waals surface area contributed by atoms with E-state index in [9.17, 15) is 18.0 Å². The number of ether oxygens (including phenoxy) is 1. The second-order valence-corrected chi connectivity index (χ2v) is 12.9. The largest absolute Gasteiger partial charge is 0.495 e. The zero-order valence-electron chi connectivity index (χ0n) is 25.6. The Morgan fingerprint density at radius 1 is 0.867 bits per heavy atom. The van der Waals surface area contributed by atoms with Gasteiger partial charge in [0, 0.05) is 19.0 Å². The smallest absolute Gasteiger partial charge is 0.264 e. The van der Waals surface area contributed by atoms with Crippen molar-refractivity contribution in [1.29, 1.82) is 0 Å². The molecule has 0 aliphatic carbocycles. The first-order valence-corrected chi connectivity index (χ1v) is 16.5. The molecule has 45 heavy (non-hydrogen) atoms. The van der Waals surface area contributed by atoms with E-state index >= 15 is 0 Å². The molecule has 2 amide bonds. The summed E-state index contributed by atoms with van der Waals surface area (Å²) in [5.74, 6) is -0.507. The van der Waals surface area contributed by atoms with Crippen LogP contribution in [0.15, 0.2) is 114 Å². The van der Waals surface area contributed by atoms with Crippen molar-refractivity contribution in [3.63, 3.8) is 0 Å². The number of benzene rings is 4. The molecule has 1 N–H and O–H groups in total. The highest BCUT2D eigenvalue weighted by molar-refractivity contribution is 7.92. The van der Waals surface area contributed by atoms with Gasteiger partial charge in [-0.1, -0.05) is 97.4 Å². The van der Waals surface area contributed by atoms with Gasteiger partial charge in [-0.25, -0.2) is 8.42 Å². The molecule has 0 radical (unpaired) electrons. The lowest BCUT2D eigenvalue weighted by Gasteiger charge is -2.34. The predicted octanol–water partition coefficient (Wildman–Crippen LogP) is 6.10. The first-order chi connectivity index (χ1) is 21.6. The molecule has 4 rings (SSSR count). The molecule has 4 aromatic rings. The third-order valence-electron chi connectivity index (χ3n) is 7.50. The van der Waals surface area contributed by atoms with Crippen molar-refractivity contribution in [1.82, 2.24) is 10.2 Å². The normalized spacial score (nSPS) is 12.5. The van der Waals surface area contributed by atoms with Crippen molar-refractivity contribution in [2.24, 2.45) is 0 Å². The number of carbonyl (C=O) groups excluding carboxylic acids is 2. The molecule has 0 aliphatic rings. The molecule has 0 bridgehead atoms. The summed E-state index contributed by atoms with van der Waals surface area (Å²) in [5, 5.41) is 3.22. The minimum absolute atomic E-state index is 0.00898. The van der Waals surface area contributed by atoms with Crippen molar-refractivity contribution in [2.45, 2.75) is 50.2 Å². The van der Waals surface area contributed by atoms with E-state index in [1.807, 2.05) is 74.5 Å². The lowest BCUT2D eigenvalue weighted by molar-refractivity contribution is -0.140. The number of amides is 2. The quantitative estimate of drug-likeness (QED) is 0.179. The number of carbonyl (C=O) groups is 2. The van der Waals surface area contributed by atoms with Gasteiger partial charge in [-0.05, 0) is 54.8 Å². The Morgan fingerprint density at radius 3 is 2.00 bits per heavy atom. The van der Waals surface area contributed by atoms with E-state index in [1.165, 1.54) is 36.3 Å². The number of hydrogen-bond acceptors (Lipinski definition) is 5. The number of sulfonamides is 1. The van der Waals surface area contributed by atoms with Gasteiger partial charge >= 0.3 is 0 Å². The summed E-state index contributed by atoms with van der Waals surface area (Å²) in [4.78, 5) is 29.8. The van der Waals surface area contributed by atoms with E-state index in [0.717, 1.165) is 15.4 Å². The van der Waals surface area contributed by atoms with E-state index in [0.29, 0.717) is 12.2 Å². The summed E-state index contributed by atoms with van der Waals surface area (Å²) >= 11 is 6.43. The van der Waals surface area contributed by atoms with Crippen LogP contribution >= 0.6 is 11.6 Å². The maximum absolute atomic E-state index is 14.5. The first-order valence-electron chi connectivity index (χ1n) is 14.7. The molecule has 236 valence electrons.